The highest BCUT2D eigenvalue weighted by atomic mass is 32.1. The summed E-state index contributed by atoms with van der Waals surface area (Å²) in [4.78, 5) is 17.0. The van der Waals surface area contributed by atoms with Gasteiger partial charge in [0.2, 0.25) is 5.91 Å². The van der Waals surface area contributed by atoms with Crippen LogP contribution in [0.1, 0.15) is 11.1 Å². The molecule has 5 rings (SSSR count). The molecule has 4 aromatic rings. The van der Waals surface area contributed by atoms with Crippen LogP contribution < -0.4 is 14.8 Å². The van der Waals surface area contributed by atoms with Crippen molar-refractivity contribution in [3.8, 4) is 33.3 Å². The van der Waals surface area contributed by atoms with Crippen LogP contribution in [0, 0.1) is 0 Å². The maximum atomic E-state index is 12.2. The summed E-state index contributed by atoms with van der Waals surface area (Å²) in [5.74, 6) is 1.29. The molecule has 5 nitrogen and oxygen atoms in total. The molecule has 0 radical (unpaired) electrons. The van der Waals surface area contributed by atoms with Gasteiger partial charge in [0.25, 0.3) is 0 Å². The van der Waals surface area contributed by atoms with E-state index >= 15 is 0 Å². The molecule has 0 unspecified atom stereocenters. The van der Waals surface area contributed by atoms with Crippen molar-refractivity contribution in [1.82, 2.24) is 10.3 Å². The zero-order chi connectivity index (χ0) is 22.5. The van der Waals surface area contributed by atoms with Gasteiger partial charge in [-0.15, -0.1) is 11.3 Å². The Bertz CT molecular complexity index is 1280. The van der Waals surface area contributed by atoms with Crippen LogP contribution >= 0.6 is 11.3 Å². The Morgan fingerprint density at radius 1 is 0.939 bits per heavy atom. The van der Waals surface area contributed by atoms with Crippen molar-refractivity contribution in [2.75, 3.05) is 13.2 Å². The summed E-state index contributed by atoms with van der Waals surface area (Å²) in [5, 5.41) is 5.98. The Kier molecular flexibility index (Phi) is 6.17. The number of ether oxygens (including phenoxy) is 2. The standard InChI is InChI=1S/C27H22N2O3S/c30-26(13-9-19-8-12-24-25(16-19)32-15-14-31-24)28-17-20-6-10-22(11-7-20)27-29-23(18-33-27)21-4-2-1-3-5-21/h1-13,16,18H,14-15,17H2,(H,28,30)/b13-9-. The Balaban J connectivity index is 1.17. The molecule has 1 aliphatic rings. The summed E-state index contributed by atoms with van der Waals surface area (Å²) in [7, 11) is 0. The van der Waals surface area contributed by atoms with Crippen LogP contribution in [0.3, 0.4) is 0 Å². The summed E-state index contributed by atoms with van der Waals surface area (Å²) < 4.78 is 11.1. The van der Waals surface area contributed by atoms with E-state index in [1.807, 2.05) is 60.7 Å². The molecule has 0 saturated carbocycles. The van der Waals surface area contributed by atoms with Crippen molar-refractivity contribution in [2.45, 2.75) is 6.54 Å². The van der Waals surface area contributed by atoms with Gasteiger partial charge in [-0.25, -0.2) is 4.98 Å². The maximum Gasteiger partial charge on any atom is 0.244 e. The first kappa shape index (κ1) is 21.0. The summed E-state index contributed by atoms with van der Waals surface area (Å²) >= 11 is 1.63. The maximum absolute atomic E-state index is 12.2. The summed E-state index contributed by atoms with van der Waals surface area (Å²) in [6.07, 6.45) is 3.30. The minimum atomic E-state index is -0.151. The van der Waals surface area contributed by atoms with Crippen molar-refractivity contribution < 1.29 is 14.3 Å². The number of rotatable bonds is 6. The second-order valence-corrected chi connectivity index (χ2v) is 8.41. The second-order valence-electron chi connectivity index (χ2n) is 7.56. The summed E-state index contributed by atoms with van der Waals surface area (Å²) in [5.41, 5.74) is 5.08. The highest BCUT2D eigenvalue weighted by Crippen LogP contribution is 2.31. The average molecular weight is 455 g/mol. The first-order valence-corrected chi connectivity index (χ1v) is 11.6. The number of carbonyl (C=O) groups is 1. The first-order valence-electron chi connectivity index (χ1n) is 10.7. The van der Waals surface area contributed by atoms with Gasteiger partial charge in [0.05, 0.1) is 5.69 Å². The molecule has 6 heteroatoms. The Hall–Kier alpha value is -3.90. The van der Waals surface area contributed by atoms with Crippen LogP contribution in [0.5, 0.6) is 11.5 Å². The Morgan fingerprint density at radius 3 is 2.55 bits per heavy atom. The Morgan fingerprint density at radius 2 is 1.73 bits per heavy atom. The highest BCUT2D eigenvalue weighted by Gasteiger charge is 2.11. The number of hydrogen-bond donors (Lipinski definition) is 1. The number of nitrogens with one attached hydrogen (secondary N) is 1. The van der Waals surface area contributed by atoms with Crippen molar-refractivity contribution in [3.63, 3.8) is 0 Å². The molecule has 0 fully saturated rings. The lowest BCUT2D eigenvalue weighted by Gasteiger charge is -2.18. The smallest absolute Gasteiger partial charge is 0.244 e. The predicted octanol–water partition coefficient (Wildman–Crippen LogP) is 5.58. The molecule has 2 heterocycles. The van der Waals surface area contributed by atoms with Gasteiger partial charge in [0.1, 0.15) is 18.2 Å². The van der Waals surface area contributed by atoms with E-state index in [0.29, 0.717) is 25.5 Å². The monoisotopic (exact) mass is 454 g/mol. The van der Waals surface area contributed by atoms with Crippen molar-refractivity contribution in [2.24, 2.45) is 0 Å². The van der Waals surface area contributed by atoms with E-state index in [1.54, 1.807) is 17.4 Å². The number of benzene rings is 3. The molecule has 0 spiro atoms. The van der Waals surface area contributed by atoms with Crippen molar-refractivity contribution in [3.05, 3.63) is 95.4 Å². The molecular weight excluding hydrogens is 432 g/mol. The van der Waals surface area contributed by atoms with Gasteiger partial charge in [-0.2, -0.15) is 0 Å². The lowest BCUT2D eigenvalue weighted by atomic mass is 10.1. The van der Waals surface area contributed by atoms with E-state index < -0.39 is 0 Å². The molecule has 1 amide bonds. The minimum absolute atomic E-state index is 0.151. The van der Waals surface area contributed by atoms with Crippen LogP contribution in [0.15, 0.2) is 84.3 Å². The van der Waals surface area contributed by atoms with Gasteiger partial charge >= 0.3 is 0 Å². The molecule has 0 saturated heterocycles. The van der Waals surface area contributed by atoms with Gasteiger partial charge in [-0.1, -0.05) is 60.7 Å². The molecular formula is C27H22N2O3S. The fraction of sp³-hybridized carbons (Fsp3) is 0.111. The number of nitrogens with zero attached hydrogens (tertiary/aromatic N) is 1. The van der Waals surface area contributed by atoms with E-state index in [4.69, 9.17) is 14.5 Å². The number of aromatic nitrogens is 1. The molecule has 164 valence electrons. The summed E-state index contributed by atoms with van der Waals surface area (Å²) in [6.45, 7) is 1.55. The fourth-order valence-electron chi connectivity index (χ4n) is 3.50. The first-order chi connectivity index (χ1) is 16.2. The third-order valence-corrected chi connectivity index (χ3v) is 6.13. The minimum Gasteiger partial charge on any atom is -0.486 e. The summed E-state index contributed by atoms with van der Waals surface area (Å²) in [6, 6.07) is 23.9. The highest BCUT2D eigenvalue weighted by molar-refractivity contribution is 7.13. The van der Waals surface area contributed by atoms with Gasteiger partial charge in [0, 0.05) is 29.1 Å². The van der Waals surface area contributed by atoms with E-state index in [-0.39, 0.29) is 5.91 Å². The topological polar surface area (TPSA) is 60.5 Å². The van der Waals surface area contributed by atoms with Crippen LogP contribution in [-0.2, 0) is 11.3 Å². The number of hydrogen-bond acceptors (Lipinski definition) is 5. The number of fused-ring (bicyclic) bond motifs is 1. The van der Waals surface area contributed by atoms with E-state index in [0.717, 1.165) is 38.7 Å². The van der Waals surface area contributed by atoms with E-state index in [9.17, 15) is 4.79 Å². The lowest BCUT2D eigenvalue weighted by molar-refractivity contribution is -0.116. The Labute approximate surface area is 196 Å². The van der Waals surface area contributed by atoms with Crippen molar-refractivity contribution in [1.29, 1.82) is 0 Å². The van der Waals surface area contributed by atoms with Gasteiger partial charge in [-0.05, 0) is 29.3 Å². The largest absolute Gasteiger partial charge is 0.486 e. The van der Waals surface area contributed by atoms with Gasteiger partial charge in [0.15, 0.2) is 11.5 Å². The molecule has 0 atom stereocenters. The second kappa shape index (κ2) is 9.71. The third kappa shape index (κ3) is 5.13. The molecule has 0 bridgehead atoms. The SMILES string of the molecule is O=C(/C=C\c1ccc2c(c1)OCCO2)NCc1ccc(-c2nc(-c3ccccc3)cs2)cc1. The van der Waals surface area contributed by atoms with Crippen LogP contribution in [0.25, 0.3) is 27.9 Å². The molecule has 1 aliphatic heterocycles. The van der Waals surface area contributed by atoms with Gasteiger partial charge in [-0.3, -0.25) is 4.79 Å². The normalized spacial score (nSPS) is 12.6. The molecule has 1 N–H and O–H groups in total. The molecule has 33 heavy (non-hydrogen) atoms. The fourth-order valence-corrected chi connectivity index (χ4v) is 4.33. The van der Waals surface area contributed by atoms with Crippen LogP contribution in [-0.4, -0.2) is 24.1 Å². The lowest BCUT2D eigenvalue weighted by Crippen LogP contribution is -2.20. The van der Waals surface area contributed by atoms with E-state index in [1.165, 1.54) is 6.08 Å². The molecule has 3 aromatic carbocycles. The zero-order valence-electron chi connectivity index (χ0n) is 17.9. The van der Waals surface area contributed by atoms with Crippen LogP contribution in [0.4, 0.5) is 0 Å². The van der Waals surface area contributed by atoms with E-state index in [2.05, 4.69) is 22.8 Å². The quantitative estimate of drug-likeness (QED) is 0.387. The van der Waals surface area contributed by atoms with Gasteiger partial charge < -0.3 is 14.8 Å². The third-order valence-electron chi connectivity index (χ3n) is 5.23. The number of amides is 1. The van der Waals surface area contributed by atoms with Crippen molar-refractivity contribution >= 4 is 23.3 Å². The number of carbonyl (C=O) groups excluding carboxylic acids is 1. The molecule has 0 aliphatic carbocycles. The number of thiazole rings is 1. The average Bonchev–Trinajstić information content (AvgIpc) is 3.37. The zero-order valence-corrected chi connectivity index (χ0v) is 18.7. The van der Waals surface area contributed by atoms with Crippen LogP contribution in [0.2, 0.25) is 0 Å². The predicted molar refractivity (Wildman–Crippen MR) is 131 cm³/mol. The molecule has 1 aromatic heterocycles.